The summed E-state index contributed by atoms with van der Waals surface area (Å²) in [6, 6.07) is 23.7. The SMILES string of the molecule is CC(C)n1c(CC[C@@H](O)C[C@@H](O)CC(=O)O)c(-c2ccccc2)c2c3ccccc3n(Cc3ccc(F)cc3)c(=O)c21. The normalized spacial score (nSPS) is 13.2. The van der Waals surface area contributed by atoms with E-state index in [1.807, 2.05) is 73.0 Å². The fourth-order valence-corrected chi connectivity index (χ4v) is 5.95. The highest BCUT2D eigenvalue weighted by Gasteiger charge is 2.27. The maximum absolute atomic E-state index is 14.5. The third-order valence-corrected chi connectivity index (χ3v) is 7.72. The van der Waals surface area contributed by atoms with Gasteiger partial charge in [-0.3, -0.25) is 9.59 Å². The summed E-state index contributed by atoms with van der Waals surface area (Å²) >= 11 is 0. The van der Waals surface area contributed by atoms with E-state index in [2.05, 4.69) is 0 Å². The van der Waals surface area contributed by atoms with E-state index in [1.54, 1.807) is 16.7 Å². The molecule has 42 heavy (non-hydrogen) atoms. The van der Waals surface area contributed by atoms with Gasteiger partial charge in [0.05, 0.1) is 30.7 Å². The Bertz CT molecular complexity index is 1770. The second kappa shape index (κ2) is 12.3. The van der Waals surface area contributed by atoms with E-state index < -0.39 is 24.6 Å². The molecule has 2 atom stereocenters. The van der Waals surface area contributed by atoms with Crippen molar-refractivity contribution >= 4 is 27.8 Å². The minimum atomic E-state index is -1.15. The molecule has 8 heteroatoms. The highest BCUT2D eigenvalue weighted by atomic mass is 19.1. The highest BCUT2D eigenvalue weighted by Crippen LogP contribution is 2.40. The third kappa shape index (κ3) is 5.86. The van der Waals surface area contributed by atoms with Crippen LogP contribution in [0.5, 0.6) is 0 Å². The van der Waals surface area contributed by atoms with Crippen LogP contribution in [0.15, 0.2) is 83.7 Å². The zero-order valence-electron chi connectivity index (χ0n) is 23.7. The number of aliphatic hydroxyl groups excluding tert-OH is 2. The van der Waals surface area contributed by atoms with Gasteiger partial charge in [0, 0.05) is 28.1 Å². The standard InChI is InChI=1S/C34H35FN2O5/c1-21(2)37-29(17-16-25(38)18-26(39)19-30(40)41)31(23-8-4-3-5-9-23)32-27-10-6-7-11-28(27)36(34(42)33(32)37)20-22-12-14-24(35)15-13-22/h3-15,21,25-26,38-39H,16-20H2,1-2H3,(H,40,41)/t25-,26-/m1/s1. The van der Waals surface area contributed by atoms with E-state index >= 15 is 0 Å². The molecule has 2 heterocycles. The van der Waals surface area contributed by atoms with Crippen molar-refractivity contribution in [2.45, 2.75) is 64.3 Å². The molecule has 0 unspecified atom stereocenters. The summed E-state index contributed by atoms with van der Waals surface area (Å²) in [7, 11) is 0. The van der Waals surface area contributed by atoms with E-state index in [0.29, 0.717) is 11.9 Å². The number of rotatable bonds is 11. The van der Waals surface area contributed by atoms with Crippen LogP contribution in [0.2, 0.25) is 0 Å². The van der Waals surface area contributed by atoms with Gasteiger partial charge in [-0.1, -0.05) is 60.7 Å². The fraction of sp³-hybridized carbons (Fsp3) is 0.294. The summed E-state index contributed by atoms with van der Waals surface area (Å²) in [4.78, 5) is 25.4. The van der Waals surface area contributed by atoms with Gasteiger partial charge < -0.3 is 24.5 Å². The van der Waals surface area contributed by atoms with E-state index in [1.165, 1.54) is 12.1 Å². The molecule has 0 aliphatic carbocycles. The van der Waals surface area contributed by atoms with Crippen molar-refractivity contribution in [3.63, 3.8) is 0 Å². The van der Waals surface area contributed by atoms with Crippen LogP contribution in [0.25, 0.3) is 32.9 Å². The second-order valence-corrected chi connectivity index (χ2v) is 11.1. The number of fused-ring (bicyclic) bond motifs is 3. The van der Waals surface area contributed by atoms with Crippen LogP contribution >= 0.6 is 0 Å². The molecule has 0 fully saturated rings. The summed E-state index contributed by atoms with van der Waals surface area (Å²) in [6.45, 7) is 4.31. The van der Waals surface area contributed by atoms with Crippen LogP contribution in [0, 0.1) is 5.82 Å². The van der Waals surface area contributed by atoms with E-state index in [0.717, 1.165) is 38.7 Å². The largest absolute Gasteiger partial charge is 0.481 e. The Morgan fingerprint density at radius 1 is 0.905 bits per heavy atom. The van der Waals surface area contributed by atoms with Crippen LogP contribution in [0.3, 0.4) is 0 Å². The molecule has 3 aromatic carbocycles. The monoisotopic (exact) mass is 570 g/mol. The molecule has 0 aliphatic rings. The van der Waals surface area contributed by atoms with Crippen LogP contribution in [-0.4, -0.2) is 42.6 Å². The predicted molar refractivity (Wildman–Crippen MR) is 162 cm³/mol. The number of hydrogen-bond donors (Lipinski definition) is 3. The number of carbonyl (C=O) groups is 1. The molecular weight excluding hydrogens is 535 g/mol. The number of carboxylic acid groups (broad SMARTS) is 1. The van der Waals surface area contributed by atoms with Gasteiger partial charge in [-0.15, -0.1) is 0 Å². The van der Waals surface area contributed by atoms with Crippen LogP contribution in [0.4, 0.5) is 4.39 Å². The van der Waals surface area contributed by atoms with Gasteiger partial charge in [-0.05, 0) is 62.4 Å². The summed E-state index contributed by atoms with van der Waals surface area (Å²) in [6.07, 6.45) is -1.87. The van der Waals surface area contributed by atoms with Gasteiger partial charge >= 0.3 is 5.97 Å². The Labute approximate surface area is 243 Å². The first kappa shape index (κ1) is 29.2. The molecule has 0 spiro atoms. The summed E-state index contributed by atoms with van der Waals surface area (Å²) in [5.74, 6) is -1.46. The number of benzene rings is 3. The lowest BCUT2D eigenvalue weighted by atomic mass is 9.96. The maximum atomic E-state index is 14.5. The molecule has 7 nitrogen and oxygen atoms in total. The van der Waals surface area contributed by atoms with Gasteiger partial charge in [-0.25, -0.2) is 4.39 Å². The Morgan fingerprint density at radius 3 is 2.24 bits per heavy atom. The number of halogens is 1. The van der Waals surface area contributed by atoms with Crippen molar-refractivity contribution in [1.82, 2.24) is 9.13 Å². The number of hydrogen-bond acceptors (Lipinski definition) is 4. The molecule has 0 amide bonds. The molecule has 5 rings (SSSR count). The maximum Gasteiger partial charge on any atom is 0.305 e. The second-order valence-electron chi connectivity index (χ2n) is 11.1. The predicted octanol–water partition coefficient (Wildman–Crippen LogP) is 5.91. The van der Waals surface area contributed by atoms with Crippen molar-refractivity contribution in [2.75, 3.05) is 0 Å². The molecule has 5 aromatic rings. The van der Waals surface area contributed by atoms with Crippen molar-refractivity contribution in [2.24, 2.45) is 0 Å². The van der Waals surface area contributed by atoms with Crippen molar-refractivity contribution in [1.29, 1.82) is 0 Å². The van der Waals surface area contributed by atoms with Crippen LogP contribution in [-0.2, 0) is 17.8 Å². The average Bonchev–Trinajstić information content (AvgIpc) is 3.31. The number of para-hydroxylation sites is 1. The van der Waals surface area contributed by atoms with Gasteiger partial charge in [0.25, 0.3) is 5.56 Å². The average molecular weight is 571 g/mol. The van der Waals surface area contributed by atoms with E-state index in [9.17, 15) is 24.2 Å². The third-order valence-electron chi connectivity index (χ3n) is 7.72. The molecule has 0 saturated carbocycles. The quantitative estimate of drug-likeness (QED) is 0.183. The van der Waals surface area contributed by atoms with Crippen LogP contribution in [0.1, 0.15) is 50.4 Å². The molecular formula is C34H35FN2O5. The summed E-state index contributed by atoms with van der Waals surface area (Å²) in [5.41, 5.74) is 4.71. The van der Waals surface area contributed by atoms with Crippen LogP contribution < -0.4 is 5.56 Å². The first-order chi connectivity index (χ1) is 20.2. The number of carboxylic acids is 1. The Hall–Kier alpha value is -4.27. The Kier molecular flexibility index (Phi) is 8.56. The zero-order chi connectivity index (χ0) is 30.0. The van der Waals surface area contributed by atoms with Crippen molar-refractivity contribution < 1.29 is 24.5 Å². The van der Waals surface area contributed by atoms with Gasteiger partial charge in [-0.2, -0.15) is 0 Å². The van der Waals surface area contributed by atoms with Crippen molar-refractivity contribution in [3.8, 4) is 11.1 Å². The van der Waals surface area contributed by atoms with E-state index in [4.69, 9.17) is 5.11 Å². The molecule has 218 valence electrons. The summed E-state index contributed by atoms with van der Waals surface area (Å²) in [5, 5.41) is 31.6. The first-order valence-electron chi connectivity index (χ1n) is 14.2. The number of aromatic nitrogens is 2. The lowest BCUT2D eigenvalue weighted by molar-refractivity contribution is -0.139. The number of pyridine rings is 1. The van der Waals surface area contributed by atoms with Gasteiger partial charge in [0.2, 0.25) is 0 Å². The lowest BCUT2D eigenvalue weighted by Gasteiger charge is -2.19. The fourth-order valence-electron chi connectivity index (χ4n) is 5.95. The zero-order valence-corrected chi connectivity index (χ0v) is 23.7. The minimum Gasteiger partial charge on any atom is -0.481 e. The molecule has 3 N–H and O–H groups in total. The molecule has 2 aromatic heterocycles. The lowest BCUT2D eigenvalue weighted by Crippen LogP contribution is -2.24. The smallest absolute Gasteiger partial charge is 0.305 e. The minimum absolute atomic E-state index is 0.0533. The van der Waals surface area contributed by atoms with Gasteiger partial charge in [0.1, 0.15) is 11.3 Å². The first-order valence-corrected chi connectivity index (χ1v) is 14.2. The molecule has 0 radical (unpaired) electrons. The molecule has 0 bridgehead atoms. The molecule has 0 saturated heterocycles. The number of nitrogens with zero attached hydrogens (tertiary/aromatic N) is 2. The molecule has 0 aliphatic heterocycles. The number of aliphatic hydroxyl groups is 2. The summed E-state index contributed by atoms with van der Waals surface area (Å²) < 4.78 is 17.4. The van der Waals surface area contributed by atoms with Gasteiger partial charge in [0.15, 0.2) is 0 Å². The Morgan fingerprint density at radius 2 is 1.57 bits per heavy atom. The number of aliphatic carboxylic acids is 1. The van der Waals surface area contributed by atoms with E-state index in [-0.39, 0.29) is 36.8 Å². The van der Waals surface area contributed by atoms with Crippen molar-refractivity contribution in [3.05, 3.63) is 106 Å². The topological polar surface area (TPSA) is 105 Å². The Balaban J connectivity index is 1.74. The highest BCUT2D eigenvalue weighted by molar-refractivity contribution is 6.13.